The van der Waals surface area contributed by atoms with Crippen molar-refractivity contribution in [3.8, 4) is 0 Å². The van der Waals surface area contributed by atoms with Gasteiger partial charge in [-0.25, -0.2) is 4.98 Å². The van der Waals surface area contributed by atoms with Gasteiger partial charge in [0.1, 0.15) is 5.01 Å². The lowest BCUT2D eigenvalue weighted by Gasteiger charge is -2.25. The van der Waals surface area contributed by atoms with Crippen LogP contribution in [0, 0.1) is 6.92 Å². The summed E-state index contributed by atoms with van der Waals surface area (Å²) in [5, 5.41) is 6.27. The fourth-order valence-corrected chi connectivity index (χ4v) is 6.34. The van der Waals surface area contributed by atoms with Crippen molar-refractivity contribution in [2.45, 2.75) is 49.8 Å². The van der Waals surface area contributed by atoms with Crippen LogP contribution in [0.2, 0.25) is 0 Å². The van der Waals surface area contributed by atoms with Gasteiger partial charge in [0.05, 0.1) is 10.9 Å². The number of aromatic nitrogens is 1. The van der Waals surface area contributed by atoms with Gasteiger partial charge >= 0.3 is 0 Å². The van der Waals surface area contributed by atoms with Gasteiger partial charge in [0, 0.05) is 34.2 Å². The van der Waals surface area contributed by atoms with E-state index in [0.29, 0.717) is 10.5 Å². The maximum atomic E-state index is 4.83. The number of nitrogens with one attached hydrogen (secondary N) is 1. The molecule has 2 unspecified atom stereocenters. The highest BCUT2D eigenvalue weighted by Crippen LogP contribution is 2.44. The lowest BCUT2D eigenvalue weighted by atomic mass is 10.3. The SMILES string of the molecule is Cc1nc(C2SCCSC2C)sc1CNC1CC1. The Bertz CT molecular complexity index is 414. The third kappa shape index (κ3) is 3.06. The van der Waals surface area contributed by atoms with E-state index in [1.807, 2.05) is 11.3 Å². The Morgan fingerprint density at radius 3 is 2.78 bits per heavy atom. The quantitative estimate of drug-likeness (QED) is 0.918. The molecule has 18 heavy (non-hydrogen) atoms. The minimum atomic E-state index is 0.613. The summed E-state index contributed by atoms with van der Waals surface area (Å²) in [4.78, 5) is 6.27. The second kappa shape index (κ2) is 5.73. The molecule has 5 heteroatoms. The number of aryl methyl sites for hydroxylation is 1. The molecule has 2 heterocycles. The number of thiazole rings is 1. The second-order valence-corrected chi connectivity index (χ2v) is 8.93. The first kappa shape index (κ1) is 13.3. The molecular weight excluding hydrogens is 280 g/mol. The summed E-state index contributed by atoms with van der Waals surface area (Å²) in [5.41, 5.74) is 1.24. The topological polar surface area (TPSA) is 24.9 Å². The van der Waals surface area contributed by atoms with E-state index in [9.17, 15) is 0 Å². The largest absolute Gasteiger partial charge is 0.309 e. The van der Waals surface area contributed by atoms with E-state index in [4.69, 9.17) is 4.98 Å². The summed E-state index contributed by atoms with van der Waals surface area (Å²) in [7, 11) is 0. The molecule has 0 aromatic carbocycles. The van der Waals surface area contributed by atoms with Gasteiger partial charge in [0.25, 0.3) is 0 Å². The summed E-state index contributed by atoms with van der Waals surface area (Å²) in [6.07, 6.45) is 2.72. The minimum absolute atomic E-state index is 0.613. The van der Waals surface area contributed by atoms with Crippen LogP contribution in [-0.4, -0.2) is 27.8 Å². The molecule has 1 aromatic heterocycles. The third-order valence-corrected chi connectivity index (χ3v) is 7.96. The molecule has 1 aromatic rings. The maximum absolute atomic E-state index is 4.83. The van der Waals surface area contributed by atoms with Gasteiger partial charge in [-0.1, -0.05) is 6.92 Å². The molecule has 1 aliphatic carbocycles. The first-order chi connectivity index (χ1) is 8.74. The molecule has 1 saturated carbocycles. The van der Waals surface area contributed by atoms with Crippen molar-refractivity contribution < 1.29 is 0 Å². The molecule has 2 atom stereocenters. The molecule has 1 N–H and O–H groups in total. The molecule has 0 amide bonds. The van der Waals surface area contributed by atoms with E-state index in [1.165, 1.54) is 39.9 Å². The second-order valence-electron chi connectivity index (χ2n) is 5.08. The summed E-state index contributed by atoms with van der Waals surface area (Å²) >= 11 is 6.12. The first-order valence-corrected chi connectivity index (χ1v) is 9.58. The Morgan fingerprint density at radius 2 is 2.06 bits per heavy atom. The predicted octanol–water partition coefficient (Wildman–Crippen LogP) is 3.61. The monoisotopic (exact) mass is 300 g/mol. The zero-order valence-corrected chi connectivity index (χ0v) is 13.4. The highest BCUT2D eigenvalue weighted by molar-refractivity contribution is 8.06. The van der Waals surface area contributed by atoms with Crippen LogP contribution in [0.3, 0.4) is 0 Å². The van der Waals surface area contributed by atoms with Crippen LogP contribution in [-0.2, 0) is 6.54 Å². The highest BCUT2D eigenvalue weighted by Gasteiger charge is 2.28. The molecule has 2 nitrogen and oxygen atoms in total. The molecule has 3 rings (SSSR count). The molecule has 2 fully saturated rings. The number of hydrogen-bond acceptors (Lipinski definition) is 5. The molecule has 0 radical (unpaired) electrons. The van der Waals surface area contributed by atoms with Crippen molar-refractivity contribution in [3.63, 3.8) is 0 Å². The summed E-state index contributed by atoms with van der Waals surface area (Å²) in [6.45, 7) is 5.53. The Balaban J connectivity index is 1.69. The number of rotatable bonds is 4. The van der Waals surface area contributed by atoms with Crippen molar-refractivity contribution in [2.75, 3.05) is 11.5 Å². The van der Waals surface area contributed by atoms with Crippen molar-refractivity contribution >= 4 is 34.9 Å². The highest BCUT2D eigenvalue weighted by atomic mass is 32.2. The minimum Gasteiger partial charge on any atom is -0.309 e. The smallest absolute Gasteiger partial charge is 0.107 e. The molecule has 1 aliphatic heterocycles. The molecule has 0 spiro atoms. The average molecular weight is 301 g/mol. The van der Waals surface area contributed by atoms with Crippen LogP contribution in [0.15, 0.2) is 0 Å². The van der Waals surface area contributed by atoms with Crippen LogP contribution in [0.1, 0.15) is 40.6 Å². The van der Waals surface area contributed by atoms with E-state index >= 15 is 0 Å². The van der Waals surface area contributed by atoms with Crippen LogP contribution < -0.4 is 5.32 Å². The first-order valence-electron chi connectivity index (χ1n) is 6.67. The normalized spacial score (nSPS) is 28.6. The van der Waals surface area contributed by atoms with Gasteiger partial charge in [-0.05, 0) is 19.8 Å². The van der Waals surface area contributed by atoms with Crippen LogP contribution in [0.25, 0.3) is 0 Å². The molecular formula is C13H20N2S3. The van der Waals surface area contributed by atoms with E-state index in [0.717, 1.165) is 12.6 Å². The average Bonchev–Trinajstić information content (AvgIpc) is 3.11. The van der Waals surface area contributed by atoms with Gasteiger partial charge in [0.15, 0.2) is 0 Å². The van der Waals surface area contributed by atoms with E-state index in [-0.39, 0.29) is 0 Å². The Morgan fingerprint density at radius 1 is 1.28 bits per heavy atom. The van der Waals surface area contributed by atoms with E-state index in [2.05, 4.69) is 42.7 Å². The number of thioether (sulfide) groups is 2. The fraction of sp³-hybridized carbons (Fsp3) is 0.769. The number of nitrogens with zero attached hydrogens (tertiary/aromatic N) is 1. The lowest BCUT2D eigenvalue weighted by molar-refractivity contribution is 0.691. The van der Waals surface area contributed by atoms with Gasteiger partial charge < -0.3 is 5.32 Å². The fourth-order valence-electron chi connectivity index (χ4n) is 2.16. The van der Waals surface area contributed by atoms with Crippen molar-refractivity contribution in [3.05, 3.63) is 15.6 Å². The lowest BCUT2D eigenvalue weighted by Crippen LogP contribution is -2.15. The van der Waals surface area contributed by atoms with Crippen molar-refractivity contribution in [2.24, 2.45) is 0 Å². The standard InChI is InChI=1S/C13H20N2S3/c1-8-11(7-14-10-3-4-10)18-13(15-8)12-9(2)16-5-6-17-12/h9-10,12,14H,3-7H2,1-2H3. The maximum Gasteiger partial charge on any atom is 0.107 e. The molecule has 2 aliphatic rings. The Kier molecular flexibility index (Phi) is 4.23. The number of hydrogen-bond donors (Lipinski definition) is 1. The van der Waals surface area contributed by atoms with E-state index in [1.54, 1.807) is 0 Å². The molecule has 0 bridgehead atoms. The summed E-state index contributed by atoms with van der Waals surface area (Å²) in [6, 6.07) is 0.786. The summed E-state index contributed by atoms with van der Waals surface area (Å²) in [5.74, 6) is 2.57. The van der Waals surface area contributed by atoms with Gasteiger partial charge in [-0.2, -0.15) is 11.8 Å². The van der Waals surface area contributed by atoms with Crippen LogP contribution in [0.5, 0.6) is 0 Å². The zero-order chi connectivity index (χ0) is 12.5. The molecule has 1 saturated heterocycles. The summed E-state index contributed by atoms with van der Waals surface area (Å²) < 4.78 is 0. The van der Waals surface area contributed by atoms with Gasteiger partial charge in [-0.3, -0.25) is 0 Å². The van der Waals surface area contributed by atoms with Gasteiger partial charge in [-0.15, -0.1) is 23.1 Å². The molecule has 100 valence electrons. The Hall–Kier alpha value is 0.290. The van der Waals surface area contributed by atoms with Crippen LogP contribution in [0.4, 0.5) is 0 Å². The van der Waals surface area contributed by atoms with Crippen molar-refractivity contribution in [1.82, 2.24) is 10.3 Å². The van der Waals surface area contributed by atoms with Crippen molar-refractivity contribution in [1.29, 1.82) is 0 Å². The van der Waals surface area contributed by atoms with E-state index < -0.39 is 0 Å². The predicted molar refractivity (Wildman–Crippen MR) is 83.8 cm³/mol. The van der Waals surface area contributed by atoms with Gasteiger partial charge in [0.2, 0.25) is 0 Å². The Labute approximate surface area is 122 Å². The van der Waals surface area contributed by atoms with Crippen LogP contribution >= 0.6 is 34.9 Å². The third-order valence-electron chi connectivity index (χ3n) is 3.47. The zero-order valence-electron chi connectivity index (χ0n) is 10.9.